The van der Waals surface area contributed by atoms with Gasteiger partial charge in [-0.25, -0.2) is 0 Å². The third-order valence-corrected chi connectivity index (χ3v) is 3.85. The van der Waals surface area contributed by atoms with Crippen molar-refractivity contribution in [1.82, 2.24) is 10.3 Å². The third kappa shape index (κ3) is 4.63. The van der Waals surface area contributed by atoms with Gasteiger partial charge in [-0.15, -0.1) is 0 Å². The molecule has 1 amide bonds. The minimum Gasteiger partial charge on any atom is -0.356 e. The molecule has 0 spiro atoms. The van der Waals surface area contributed by atoms with Crippen LogP contribution >= 0.6 is 0 Å². The molecule has 1 aliphatic rings. The average molecular weight is 261 g/mol. The molecule has 1 heterocycles. The molecule has 4 heteroatoms. The Bertz CT molecular complexity index is 399. The van der Waals surface area contributed by atoms with E-state index in [4.69, 9.17) is 5.73 Å². The Balaban J connectivity index is 1.70. The van der Waals surface area contributed by atoms with E-state index in [9.17, 15) is 4.79 Å². The van der Waals surface area contributed by atoms with Crippen molar-refractivity contribution in [3.05, 3.63) is 30.1 Å². The number of rotatable bonds is 5. The van der Waals surface area contributed by atoms with E-state index in [2.05, 4.69) is 10.3 Å². The molecule has 0 bridgehead atoms. The number of nitrogens with zero attached hydrogens (tertiary/aromatic N) is 1. The van der Waals surface area contributed by atoms with Crippen LogP contribution < -0.4 is 11.1 Å². The Labute approximate surface area is 114 Å². The first-order valence-electron chi connectivity index (χ1n) is 7.12. The lowest BCUT2D eigenvalue weighted by Gasteiger charge is -2.32. The molecular weight excluding hydrogens is 238 g/mol. The first-order valence-corrected chi connectivity index (χ1v) is 7.12. The number of amides is 1. The van der Waals surface area contributed by atoms with Crippen LogP contribution in [0.25, 0.3) is 0 Å². The Morgan fingerprint density at radius 1 is 1.26 bits per heavy atom. The van der Waals surface area contributed by atoms with Crippen LogP contribution in [0.4, 0.5) is 0 Å². The molecule has 104 valence electrons. The van der Waals surface area contributed by atoms with Gasteiger partial charge in [0, 0.05) is 30.9 Å². The van der Waals surface area contributed by atoms with Crippen molar-refractivity contribution in [1.29, 1.82) is 0 Å². The van der Waals surface area contributed by atoms with Gasteiger partial charge in [-0.05, 0) is 37.0 Å². The second-order valence-electron chi connectivity index (χ2n) is 5.56. The van der Waals surface area contributed by atoms with E-state index < -0.39 is 0 Å². The molecule has 2 rings (SSSR count). The first-order chi connectivity index (χ1) is 9.18. The number of nitrogens with one attached hydrogen (secondary N) is 1. The van der Waals surface area contributed by atoms with E-state index >= 15 is 0 Å². The van der Waals surface area contributed by atoms with Crippen molar-refractivity contribution in [2.24, 2.45) is 5.73 Å². The van der Waals surface area contributed by atoms with E-state index in [1.807, 2.05) is 12.1 Å². The maximum Gasteiger partial charge on any atom is 0.221 e. The molecule has 4 nitrogen and oxygen atoms in total. The zero-order valence-electron chi connectivity index (χ0n) is 11.4. The SMILES string of the molecule is NC1(CC(=O)NCCc2ccncc2)CCCCC1. The monoisotopic (exact) mass is 261 g/mol. The van der Waals surface area contributed by atoms with Crippen LogP contribution in [0.3, 0.4) is 0 Å². The highest BCUT2D eigenvalue weighted by molar-refractivity contribution is 5.77. The zero-order valence-corrected chi connectivity index (χ0v) is 11.4. The minimum atomic E-state index is -0.265. The summed E-state index contributed by atoms with van der Waals surface area (Å²) in [6.07, 6.45) is 10.4. The van der Waals surface area contributed by atoms with E-state index in [1.54, 1.807) is 12.4 Å². The van der Waals surface area contributed by atoms with Crippen LogP contribution in [0.5, 0.6) is 0 Å². The quantitative estimate of drug-likeness (QED) is 0.849. The van der Waals surface area contributed by atoms with Crippen molar-refractivity contribution in [3.8, 4) is 0 Å². The summed E-state index contributed by atoms with van der Waals surface area (Å²) in [6, 6.07) is 3.94. The Kier molecular flexibility index (Phi) is 4.91. The van der Waals surface area contributed by atoms with Crippen LogP contribution in [-0.4, -0.2) is 23.0 Å². The first kappa shape index (κ1) is 14.0. The van der Waals surface area contributed by atoms with Crippen molar-refractivity contribution in [3.63, 3.8) is 0 Å². The van der Waals surface area contributed by atoms with E-state index in [1.165, 1.54) is 12.0 Å². The summed E-state index contributed by atoms with van der Waals surface area (Å²) >= 11 is 0. The number of nitrogens with two attached hydrogens (primary N) is 1. The van der Waals surface area contributed by atoms with E-state index in [-0.39, 0.29) is 11.4 Å². The third-order valence-electron chi connectivity index (χ3n) is 3.85. The Hall–Kier alpha value is -1.42. The van der Waals surface area contributed by atoms with Gasteiger partial charge in [0.1, 0.15) is 0 Å². The lowest BCUT2D eigenvalue weighted by Crippen LogP contribution is -2.46. The molecule has 0 aromatic carbocycles. The van der Waals surface area contributed by atoms with Crippen LogP contribution in [0.2, 0.25) is 0 Å². The lowest BCUT2D eigenvalue weighted by molar-refractivity contribution is -0.122. The van der Waals surface area contributed by atoms with E-state index in [0.717, 1.165) is 32.1 Å². The summed E-state index contributed by atoms with van der Waals surface area (Å²) in [5.41, 5.74) is 7.20. The summed E-state index contributed by atoms with van der Waals surface area (Å²) < 4.78 is 0. The van der Waals surface area contributed by atoms with Gasteiger partial charge < -0.3 is 11.1 Å². The molecule has 3 N–H and O–H groups in total. The van der Waals surface area contributed by atoms with Crippen LogP contribution in [-0.2, 0) is 11.2 Å². The highest BCUT2D eigenvalue weighted by atomic mass is 16.1. The second kappa shape index (κ2) is 6.66. The molecular formula is C15H23N3O. The molecule has 0 aliphatic heterocycles. The molecule has 1 aromatic heterocycles. The summed E-state index contributed by atoms with van der Waals surface area (Å²) in [6.45, 7) is 0.666. The predicted octanol–water partition coefficient (Wildman–Crippen LogP) is 1.79. The van der Waals surface area contributed by atoms with Crippen LogP contribution in [0.1, 0.15) is 44.1 Å². The summed E-state index contributed by atoms with van der Waals surface area (Å²) in [7, 11) is 0. The average Bonchev–Trinajstić information content (AvgIpc) is 2.40. The highest BCUT2D eigenvalue weighted by Gasteiger charge is 2.29. The largest absolute Gasteiger partial charge is 0.356 e. The van der Waals surface area contributed by atoms with Gasteiger partial charge in [-0.1, -0.05) is 19.3 Å². The summed E-state index contributed by atoms with van der Waals surface area (Å²) in [4.78, 5) is 15.9. The normalized spacial score (nSPS) is 17.9. The lowest BCUT2D eigenvalue weighted by atomic mass is 9.80. The van der Waals surface area contributed by atoms with E-state index in [0.29, 0.717) is 13.0 Å². The standard InChI is InChI=1S/C15H23N3O/c16-15(7-2-1-3-8-15)12-14(19)18-11-6-13-4-9-17-10-5-13/h4-5,9-10H,1-3,6-8,11-12,16H2,(H,18,19). The highest BCUT2D eigenvalue weighted by Crippen LogP contribution is 2.28. The van der Waals surface area contributed by atoms with Gasteiger partial charge in [0.25, 0.3) is 0 Å². The second-order valence-corrected chi connectivity index (χ2v) is 5.56. The Morgan fingerprint density at radius 3 is 2.63 bits per heavy atom. The van der Waals surface area contributed by atoms with Gasteiger partial charge in [-0.3, -0.25) is 9.78 Å². The van der Waals surface area contributed by atoms with Gasteiger partial charge in [0.05, 0.1) is 0 Å². The molecule has 1 fully saturated rings. The molecule has 0 unspecified atom stereocenters. The van der Waals surface area contributed by atoms with Crippen molar-refractivity contribution >= 4 is 5.91 Å². The van der Waals surface area contributed by atoms with Crippen molar-refractivity contribution in [2.75, 3.05) is 6.54 Å². The molecule has 1 aliphatic carbocycles. The predicted molar refractivity (Wildman–Crippen MR) is 75.6 cm³/mol. The maximum absolute atomic E-state index is 11.9. The fourth-order valence-electron chi connectivity index (χ4n) is 2.71. The Morgan fingerprint density at radius 2 is 1.95 bits per heavy atom. The molecule has 1 saturated carbocycles. The van der Waals surface area contributed by atoms with Crippen LogP contribution in [0, 0.1) is 0 Å². The van der Waals surface area contributed by atoms with Gasteiger partial charge in [0.2, 0.25) is 5.91 Å². The zero-order chi connectivity index (χ0) is 13.6. The molecule has 0 radical (unpaired) electrons. The number of pyridine rings is 1. The number of carbonyl (C=O) groups excluding carboxylic acids is 1. The molecule has 0 atom stereocenters. The van der Waals surface area contributed by atoms with Crippen LogP contribution in [0.15, 0.2) is 24.5 Å². The fraction of sp³-hybridized carbons (Fsp3) is 0.600. The molecule has 1 aromatic rings. The maximum atomic E-state index is 11.9. The van der Waals surface area contributed by atoms with Gasteiger partial charge in [-0.2, -0.15) is 0 Å². The van der Waals surface area contributed by atoms with Gasteiger partial charge >= 0.3 is 0 Å². The van der Waals surface area contributed by atoms with Crippen molar-refractivity contribution < 1.29 is 4.79 Å². The number of carbonyl (C=O) groups is 1. The summed E-state index contributed by atoms with van der Waals surface area (Å²) in [5, 5.41) is 2.96. The number of hydrogen-bond acceptors (Lipinski definition) is 3. The van der Waals surface area contributed by atoms with Crippen molar-refractivity contribution in [2.45, 2.75) is 50.5 Å². The topological polar surface area (TPSA) is 68.0 Å². The minimum absolute atomic E-state index is 0.0819. The molecule has 0 saturated heterocycles. The smallest absolute Gasteiger partial charge is 0.221 e. The fourth-order valence-corrected chi connectivity index (χ4v) is 2.71. The summed E-state index contributed by atoms with van der Waals surface area (Å²) in [5.74, 6) is 0.0819. The number of hydrogen-bond donors (Lipinski definition) is 2. The molecule has 19 heavy (non-hydrogen) atoms. The number of aromatic nitrogens is 1. The van der Waals surface area contributed by atoms with Gasteiger partial charge in [0.15, 0.2) is 0 Å².